The summed E-state index contributed by atoms with van der Waals surface area (Å²) in [5.74, 6) is 0.940. The molecule has 2 heterocycles. The Morgan fingerprint density at radius 3 is 2.15 bits per heavy atom. The molecule has 0 bridgehead atoms. The minimum absolute atomic E-state index is 0. The number of pyridine rings is 1. The van der Waals surface area contributed by atoms with Crippen molar-refractivity contribution >= 4 is 9.69 Å². The second kappa shape index (κ2) is 8.57. The molecule has 0 unspecified atom stereocenters. The molecule has 0 saturated heterocycles. The van der Waals surface area contributed by atoms with Gasteiger partial charge in [-0.2, -0.15) is 0 Å². The molecule has 0 atom stereocenters. The van der Waals surface area contributed by atoms with Gasteiger partial charge in [-0.25, -0.2) is 0 Å². The summed E-state index contributed by atoms with van der Waals surface area (Å²) in [6.07, 6.45) is 1.70. The molecule has 3 aromatic rings. The Kier molecular flexibility index (Phi) is 7.06. The molecule has 4 nitrogen and oxygen atoms in total. The number of nitrogens with zero attached hydrogens (tertiary/aromatic N) is 3. The van der Waals surface area contributed by atoms with Crippen LogP contribution < -0.4 is 0 Å². The van der Waals surface area contributed by atoms with Crippen molar-refractivity contribution in [2.75, 3.05) is 0 Å². The van der Waals surface area contributed by atoms with E-state index < -0.39 is 0 Å². The molecule has 0 aliphatic rings. The van der Waals surface area contributed by atoms with Crippen LogP contribution in [0.3, 0.4) is 0 Å². The zero-order valence-electron chi connectivity index (χ0n) is 10.7. The standard InChI is InChI=1S/C13H9N3O.CH3.ClH.Ru/c1-2-6-10(7-3-1)12-15-16-13(17-12)11-8-4-5-9-14-11;;;/h1-9H;1H3;1H;/q;-1;;+2/p-1. The number of halogens is 1. The zero-order chi connectivity index (χ0) is 13.5. The molecule has 1 aromatic carbocycles. The third-order valence-electron chi connectivity index (χ3n) is 2.33. The summed E-state index contributed by atoms with van der Waals surface area (Å²) in [5.41, 5.74) is 1.59. The van der Waals surface area contributed by atoms with Crippen LogP contribution in [0.1, 0.15) is 0 Å². The van der Waals surface area contributed by atoms with Crippen LogP contribution >= 0.6 is 9.69 Å². The molecule has 0 amide bonds. The molecule has 3 rings (SSSR count). The summed E-state index contributed by atoms with van der Waals surface area (Å²) in [6.45, 7) is 0. The van der Waals surface area contributed by atoms with E-state index in [2.05, 4.69) is 24.9 Å². The average molecular weight is 375 g/mol. The molecule has 0 aliphatic carbocycles. The second-order valence-electron chi connectivity index (χ2n) is 3.49. The number of rotatable bonds is 2. The number of hydrogen-bond donors (Lipinski definition) is 0. The fourth-order valence-corrected chi connectivity index (χ4v) is 1.51. The van der Waals surface area contributed by atoms with Crippen molar-refractivity contribution in [3.05, 3.63) is 62.2 Å². The van der Waals surface area contributed by atoms with Gasteiger partial charge in [-0.05, 0) is 24.3 Å². The van der Waals surface area contributed by atoms with E-state index in [4.69, 9.17) is 4.42 Å². The number of hydrogen-bond acceptors (Lipinski definition) is 4. The van der Waals surface area contributed by atoms with E-state index in [9.17, 15) is 0 Å². The van der Waals surface area contributed by atoms with Gasteiger partial charge in [0.25, 0.3) is 5.89 Å². The third kappa shape index (κ3) is 3.96. The van der Waals surface area contributed by atoms with E-state index in [1.807, 2.05) is 65.8 Å². The third-order valence-corrected chi connectivity index (χ3v) is 2.33. The van der Waals surface area contributed by atoms with Gasteiger partial charge in [0, 0.05) is 11.8 Å². The van der Waals surface area contributed by atoms with Crippen molar-refractivity contribution < 1.29 is 21.7 Å². The van der Waals surface area contributed by atoms with Crippen molar-refractivity contribution in [3.8, 4) is 23.0 Å². The van der Waals surface area contributed by atoms with Crippen molar-refractivity contribution in [2.24, 2.45) is 0 Å². The van der Waals surface area contributed by atoms with Gasteiger partial charge in [0.1, 0.15) is 5.69 Å². The van der Waals surface area contributed by atoms with E-state index in [0.717, 1.165) is 5.56 Å². The molecule has 0 radical (unpaired) electrons. The topological polar surface area (TPSA) is 51.8 Å². The first kappa shape index (κ1) is 16.5. The maximum atomic E-state index is 5.57. The van der Waals surface area contributed by atoms with Crippen LogP contribution in [0, 0.1) is 7.43 Å². The molecular formula is C14H12ClN3ORu. The Bertz CT molecular complexity index is 563. The molecule has 20 heavy (non-hydrogen) atoms. The first-order chi connectivity index (χ1) is 9.43. The van der Waals surface area contributed by atoms with Crippen molar-refractivity contribution in [2.45, 2.75) is 0 Å². The van der Waals surface area contributed by atoms with E-state index in [-0.39, 0.29) is 7.43 Å². The summed E-state index contributed by atoms with van der Waals surface area (Å²) in [6, 6.07) is 15.2. The van der Waals surface area contributed by atoms with Gasteiger partial charge in [0.15, 0.2) is 0 Å². The summed E-state index contributed by atoms with van der Waals surface area (Å²) in [5, 5.41) is 7.99. The van der Waals surface area contributed by atoms with Crippen LogP contribution in [0.4, 0.5) is 0 Å². The van der Waals surface area contributed by atoms with Crippen molar-refractivity contribution in [1.82, 2.24) is 15.2 Å². The predicted octanol–water partition coefficient (Wildman–Crippen LogP) is 3.94. The summed E-state index contributed by atoms with van der Waals surface area (Å²) >= 11 is 1.82. The summed E-state index contributed by atoms with van der Waals surface area (Å²) < 4.78 is 5.57. The van der Waals surface area contributed by atoms with Crippen LogP contribution in [-0.4, -0.2) is 15.2 Å². The predicted molar refractivity (Wildman–Crippen MR) is 75.2 cm³/mol. The van der Waals surface area contributed by atoms with Gasteiger partial charge in [-0.1, -0.05) is 24.3 Å². The fourth-order valence-electron chi connectivity index (χ4n) is 1.51. The van der Waals surface area contributed by atoms with Crippen molar-refractivity contribution in [1.29, 1.82) is 0 Å². The SMILES string of the molecule is [CH3-].[Cl][Ru+].c1ccc(-c2nnc(-c3ccccn3)o2)cc1. The van der Waals surface area contributed by atoms with Gasteiger partial charge in [0.05, 0.1) is 0 Å². The molecule has 6 heteroatoms. The van der Waals surface area contributed by atoms with Gasteiger partial charge < -0.3 is 11.8 Å². The first-order valence-corrected chi connectivity index (χ1v) is 7.61. The Balaban J connectivity index is 0.000000639. The molecule has 2 aromatic heterocycles. The maximum absolute atomic E-state index is 5.57. The van der Waals surface area contributed by atoms with Crippen molar-refractivity contribution in [3.63, 3.8) is 0 Å². The van der Waals surface area contributed by atoms with Gasteiger partial charge in [-0.15, -0.1) is 10.2 Å². The van der Waals surface area contributed by atoms with Gasteiger partial charge in [0.2, 0.25) is 5.89 Å². The largest absolute Gasteiger partial charge is 0.415 e. The van der Waals surface area contributed by atoms with Crippen LogP contribution in [0.5, 0.6) is 0 Å². The molecule has 0 N–H and O–H groups in total. The molecular weight excluding hydrogens is 363 g/mol. The summed E-state index contributed by atoms with van der Waals surface area (Å²) in [4.78, 5) is 4.16. The molecule has 0 saturated carbocycles. The molecule has 0 spiro atoms. The van der Waals surface area contributed by atoms with E-state index in [0.29, 0.717) is 17.5 Å². The monoisotopic (exact) mass is 375 g/mol. The quantitative estimate of drug-likeness (QED) is 0.503. The molecule has 0 fully saturated rings. The summed E-state index contributed by atoms with van der Waals surface area (Å²) in [7, 11) is 4.57. The minimum Gasteiger partial charge on any atom is -0.415 e. The number of benzene rings is 1. The van der Waals surface area contributed by atoms with Crippen LogP contribution in [0.15, 0.2) is 59.1 Å². The van der Waals surface area contributed by atoms with E-state index in [1.54, 1.807) is 6.20 Å². The fraction of sp³-hybridized carbons (Fsp3) is 0. The smallest absolute Gasteiger partial charge is 0.266 e. The maximum Gasteiger partial charge on any atom is 0.266 e. The average Bonchev–Trinajstić information content (AvgIpc) is 3.01. The first-order valence-electron chi connectivity index (χ1n) is 5.37. The Morgan fingerprint density at radius 2 is 1.50 bits per heavy atom. The molecule has 0 aliphatic heterocycles. The number of aromatic nitrogens is 3. The van der Waals surface area contributed by atoms with E-state index in [1.165, 1.54) is 0 Å². The normalized spacial score (nSPS) is 9.10. The van der Waals surface area contributed by atoms with Crippen LogP contribution in [0.2, 0.25) is 0 Å². The van der Waals surface area contributed by atoms with Crippen LogP contribution in [-0.2, 0) is 17.3 Å². The van der Waals surface area contributed by atoms with E-state index >= 15 is 0 Å². The van der Waals surface area contributed by atoms with Gasteiger partial charge in [-0.3, -0.25) is 4.98 Å². The Morgan fingerprint density at radius 1 is 0.850 bits per heavy atom. The zero-order valence-corrected chi connectivity index (χ0v) is 13.2. The second-order valence-corrected chi connectivity index (χ2v) is 3.49. The van der Waals surface area contributed by atoms with Crippen LogP contribution in [0.25, 0.3) is 23.0 Å². The van der Waals surface area contributed by atoms with Gasteiger partial charge >= 0.3 is 27.0 Å². The minimum atomic E-state index is 0. The Hall–Kier alpha value is -1.58. The molecule has 104 valence electrons. The Labute approximate surface area is 131 Å².